The Kier molecular flexibility index (Phi) is 5.98. The van der Waals surface area contributed by atoms with E-state index in [9.17, 15) is 14.3 Å². The summed E-state index contributed by atoms with van der Waals surface area (Å²) >= 11 is 0. The zero-order valence-corrected chi connectivity index (χ0v) is 17.1. The average Bonchev–Trinajstić information content (AvgIpc) is 3.22. The third kappa shape index (κ3) is 4.09. The minimum Gasteiger partial charge on any atom is -0.478 e. The molecule has 8 heteroatoms. The van der Waals surface area contributed by atoms with Gasteiger partial charge >= 0.3 is 5.97 Å². The molecule has 0 aliphatic heterocycles. The largest absolute Gasteiger partial charge is 0.478 e. The summed E-state index contributed by atoms with van der Waals surface area (Å²) in [5.41, 5.74) is 15.8. The first kappa shape index (κ1) is 21.2. The predicted octanol–water partition coefficient (Wildman–Crippen LogP) is 4.04. The lowest BCUT2D eigenvalue weighted by molar-refractivity contribution is 0.0698. The van der Waals surface area contributed by atoms with E-state index in [2.05, 4.69) is 5.32 Å². The smallest absolute Gasteiger partial charge is 0.337 e. The molecule has 0 fully saturated rings. The minimum atomic E-state index is -1.05. The Morgan fingerprint density at radius 2 is 1.69 bits per heavy atom. The summed E-state index contributed by atoms with van der Waals surface area (Å²) in [4.78, 5) is 11.7. The quantitative estimate of drug-likeness (QED) is 0.351. The molecule has 0 bridgehead atoms. The van der Waals surface area contributed by atoms with E-state index in [-0.39, 0.29) is 17.9 Å². The monoisotopic (exact) mass is 431 g/mol. The summed E-state index contributed by atoms with van der Waals surface area (Å²) in [5, 5.41) is 17.5. The van der Waals surface area contributed by atoms with Crippen LogP contribution in [-0.4, -0.2) is 20.9 Å². The number of nitrogens with two attached hydrogens (primary N) is 2. The molecule has 1 aromatic heterocycles. The zero-order chi connectivity index (χ0) is 22.7. The Balaban J connectivity index is 1.90. The maximum absolute atomic E-state index is 13.7. The molecule has 4 rings (SSSR count). The van der Waals surface area contributed by atoms with Crippen LogP contribution in [0.15, 0.2) is 72.8 Å². The van der Waals surface area contributed by atoms with E-state index in [4.69, 9.17) is 16.6 Å². The van der Waals surface area contributed by atoms with Gasteiger partial charge in [-0.1, -0.05) is 30.3 Å². The minimum absolute atomic E-state index is 0.123. The molecule has 0 saturated heterocycles. The second kappa shape index (κ2) is 9.01. The fraction of sp³-hybridized carbons (Fsp3) is 0.0833. The van der Waals surface area contributed by atoms with Crippen molar-refractivity contribution in [2.75, 3.05) is 5.32 Å². The van der Waals surface area contributed by atoms with E-state index in [1.165, 1.54) is 18.2 Å². The van der Waals surface area contributed by atoms with Gasteiger partial charge in [0, 0.05) is 24.7 Å². The van der Waals surface area contributed by atoms with Crippen LogP contribution in [0.3, 0.4) is 0 Å². The summed E-state index contributed by atoms with van der Waals surface area (Å²) < 4.78 is 15.4. The normalized spacial score (nSPS) is 10.8. The van der Waals surface area contributed by atoms with Crippen LogP contribution in [-0.2, 0) is 13.1 Å². The molecule has 0 aliphatic carbocycles. The molecule has 162 valence electrons. The van der Waals surface area contributed by atoms with E-state index in [1.807, 2.05) is 24.3 Å². The van der Waals surface area contributed by atoms with Crippen molar-refractivity contribution in [3.05, 3.63) is 95.3 Å². The molecule has 0 spiro atoms. The van der Waals surface area contributed by atoms with Gasteiger partial charge in [-0.25, -0.2) is 13.9 Å². The molecule has 0 amide bonds. The fourth-order valence-corrected chi connectivity index (χ4v) is 3.57. The Hall–Kier alpha value is -4.01. The average molecular weight is 431 g/mol. The Morgan fingerprint density at radius 3 is 2.44 bits per heavy atom. The molecule has 3 aromatic carbocycles. The van der Waals surface area contributed by atoms with Gasteiger partial charge in [-0.2, -0.15) is 5.10 Å². The molecule has 0 atom stereocenters. The second-order valence-corrected chi connectivity index (χ2v) is 7.14. The molecular formula is C24H22FN5O2. The zero-order valence-electron chi connectivity index (χ0n) is 17.1. The third-order valence-electron chi connectivity index (χ3n) is 5.13. The molecule has 0 radical (unpaired) electrons. The van der Waals surface area contributed by atoms with Crippen molar-refractivity contribution in [3.8, 4) is 16.9 Å². The first-order valence-electron chi connectivity index (χ1n) is 9.98. The van der Waals surface area contributed by atoms with E-state index < -0.39 is 5.97 Å². The fourth-order valence-electron chi connectivity index (χ4n) is 3.57. The number of benzene rings is 3. The highest BCUT2D eigenvalue weighted by molar-refractivity contribution is 5.95. The van der Waals surface area contributed by atoms with Gasteiger partial charge in [0.15, 0.2) is 0 Å². The van der Waals surface area contributed by atoms with Crippen LogP contribution in [0.2, 0.25) is 0 Å². The van der Waals surface area contributed by atoms with Crippen molar-refractivity contribution in [2.24, 2.45) is 11.5 Å². The number of nitrogens with one attached hydrogen (secondary N) is 1. The van der Waals surface area contributed by atoms with Crippen molar-refractivity contribution < 1.29 is 14.3 Å². The molecule has 0 saturated carbocycles. The van der Waals surface area contributed by atoms with Crippen LogP contribution < -0.4 is 16.8 Å². The van der Waals surface area contributed by atoms with Crippen LogP contribution >= 0.6 is 0 Å². The molecule has 7 nitrogen and oxygen atoms in total. The Labute approximate surface area is 184 Å². The van der Waals surface area contributed by atoms with Crippen molar-refractivity contribution in [1.82, 2.24) is 9.78 Å². The van der Waals surface area contributed by atoms with Gasteiger partial charge in [0.25, 0.3) is 0 Å². The highest BCUT2D eigenvalue weighted by Crippen LogP contribution is 2.31. The number of hydrogen-bond acceptors (Lipinski definition) is 5. The number of aromatic nitrogens is 2. The van der Waals surface area contributed by atoms with Crippen LogP contribution in [0.4, 0.5) is 15.9 Å². The summed E-state index contributed by atoms with van der Waals surface area (Å²) in [6, 6.07) is 20.3. The number of halogens is 1. The number of carboxylic acid groups (broad SMARTS) is 1. The number of carboxylic acids is 1. The number of nitrogens with zero attached hydrogens (tertiary/aromatic N) is 2. The Bertz CT molecular complexity index is 1290. The standard InChI is InChI=1S/C24H22FN5O2/c25-17-9-10-18(16(11-17)14-27)21-12-23(28-20-7-3-2-6-19(20)24(31)32)30(29-21)22-8-4-1-5-15(22)13-26/h1-12,28H,13-14,26-27H2,(H,31,32). The number of carbonyl (C=O) groups is 1. The lowest BCUT2D eigenvalue weighted by atomic mass is 10.0. The molecule has 0 aliphatic rings. The number of para-hydroxylation sites is 2. The molecule has 1 heterocycles. The molecule has 0 unspecified atom stereocenters. The van der Waals surface area contributed by atoms with Gasteiger partial charge in [0.2, 0.25) is 0 Å². The van der Waals surface area contributed by atoms with Crippen LogP contribution in [0.1, 0.15) is 21.5 Å². The topological polar surface area (TPSA) is 119 Å². The first-order valence-corrected chi connectivity index (χ1v) is 9.98. The van der Waals surface area contributed by atoms with E-state index in [1.54, 1.807) is 35.0 Å². The highest BCUT2D eigenvalue weighted by Gasteiger charge is 2.18. The van der Waals surface area contributed by atoms with Crippen LogP contribution in [0, 0.1) is 5.82 Å². The Morgan fingerprint density at radius 1 is 0.969 bits per heavy atom. The van der Waals surface area contributed by atoms with Crippen molar-refractivity contribution in [2.45, 2.75) is 13.1 Å². The van der Waals surface area contributed by atoms with Gasteiger partial charge in [0.05, 0.1) is 22.6 Å². The summed E-state index contributed by atoms with van der Waals surface area (Å²) in [5.74, 6) is -0.900. The van der Waals surface area contributed by atoms with Gasteiger partial charge in [-0.3, -0.25) is 0 Å². The van der Waals surface area contributed by atoms with E-state index in [0.717, 1.165) is 11.3 Å². The maximum atomic E-state index is 13.7. The number of rotatable bonds is 7. The third-order valence-corrected chi connectivity index (χ3v) is 5.13. The van der Waals surface area contributed by atoms with Crippen molar-refractivity contribution >= 4 is 17.5 Å². The van der Waals surface area contributed by atoms with E-state index >= 15 is 0 Å². The van der Waals surface area contributed by atoms with Crippen molar-refractivity contribution in [3.63, 3.8) is 0 Å². The van der Waals surface area contributed by atoms with Gasteiger partial charge in [-0.15, -0.1) is 0 Å². The molecule has 32 heavy (non-hydrogen) atoms. The second-order valence-electron chi connectivity index (χ2n) is 7.14. The lowest BCUT2D eigenvalue weighted by Gasteiger charge is -2.14. The number of anilines is 2. The summed E-state index contributed by atoms with van der Waals surface area (Å²) in [6.45, 7) is 0.436. The lowest BCUT2D eigenvalue weighted by Crippen LogP contribution is -2.09. The summed E-state index contributed by atoms with van der Waals surface area (Å²) in [6.07, 6.45) is 0. The number of aromatic carboxylic acids is 1. The summed E-state index contributed by atoms with van der Waals surface area (Å²) in [7, 11) is 0. The first-order chi connectivity index (χ1) is 15.5. The van der Waals surface area contributed by atoms with Gasteiger partial charge in [-0.05, 0) is 47.5 Å². The highest BCUT2D eigenvalue weighted by atomic mass is 19.1. The number of hydrogen-bond donors (Lipinski definition) is 4. The van der Waals surface area contributed by atoms with Crippen LogP contribution in [0.5, 0.6) is 0 Å². The predicted molar refractivity (Wildman–Crippen MR) is 121 cm³/mol. The van der Waals surface area contributed by atoms with Crippen molar-refractivity contribution in [1.29, 1.82) is 0 Å². The van der Waals surface area contributed by atoms with E-state index in [0.29, 0.717) is 34.9 Å². The molecule has 4 aromatic rings. The molecule has 6 N–H and O–H groups in total. The van der Waals surface area contributed by atoms with Gasteiger partial charge in [0.1, 0.15) is 11.6 Å². The van der Waals surface area contributed by atoms with Gasteiger partial charge < -0.3 is 21.9 Å². The maximum Gasteiger partial charge on any atom is 0.337 e. The van der Waals surface area contributed by atoms with Crippen LogP contribution in [0.25, 0.3) is 16.9 Å². The SMILES string of the molecule is NCc1cc(F)ccc1-c1cc(Nc2ccccc2C(=O)O)n(-c2ccccc2CN)n1. The molecular weight excluding hydrogens is 409 g/mol.